The van der Waals surface area contributed by atoms with Gasteiger partial charge in [0.15, 0.2) is 0 Å². The van der Waals surface area contributed by atoms with Crippen LogP contribution in [0.3, 0.4) is 0 Å². The van der Waals surface area contributed by atoms with Crippen molar-refractivity contribution < 1.29 is 19.1 Å². The van der Waals surface area contributed by atoms with Crippen LogP contribution >= 0.6 is 0 Å². The third-order valence-electron chi connectivity index (χ3n) is 3.67. The normalized spacial score (nSPS) is 10.6. The molecule has 0 atom stereocenters. The molecule has 0 aliphatic carbocycles. The number of fused-ring (bicyclic) bond motifs is 1. The minimum Gasteiger partial charge on any atom is -0.507 e. The maximum absolute atomic E-state index is 13.2. The summed E-state index contributed by atoms with van der Waals surface area (Å²) in [6, 6.07) is 12.0. The molecule has 1 heterocycles. The fourth-order valence-electron chi connectivity index (χ4n) is 2.43. The molecule has 0 spiro atoms. The van der Waals surface area contributed by atoms with E-state index in [1.54, 1.807) is 24.3 Å². The van der Waals surface area contributed by atoms with Gasteiger partial charge in [-0.05, 0) is 36.4 Å². The highest BCUT2D eigenvalue weighted by atomic mass is 19.1. The van der Waals surface area contributed by atoms with Gasteiger partial charge in [-0.2, -0.15) is 0 Å². The molecule has 0 fully saturated rings. The fraction of sp³-hybridized carbons (Fsp3) is 0.111. The van der Waals surface area contributed by atoms with Gasteiger partial charge in [-0.1, -0.05) is 12.1 Å². The number of phenols is 1. The Hall–Kier alpha value is -3.35. The number of aromatic amines is 1. The van der Waals surface area contributed by atoms with Crippen LogP contribution in [0.1, 0.15) is 20.8 Å². The summed E-state index contributed by atoms with van der Waals surface area (Å²) in [5, 5.41) is 15.5. The predicted octanol–water partition coefficient (Wildman–Crippen LogP) is 2.17. The standard InChI is InChI=1S/C18H16FN3O3/c19-12-5-6-14-11(9-12)10-15(22-14)18(25)21-8-7-20-17(24)13-3-1-2-4-16(13)23/h1-6,9-10,22-23H,7-8H2,(H,20,24)(H,21,25). The fourth-order valence-corrected chi connectivity index (χ4v) is 2.43. The monoisotopic (exact) mass is 341 g/mol. The van der Waals surface area contributed by atoms with Crippen LogP contribution in [0.15, 0.2) is 48.5 Å². The lowest BCUT2D eigenvalue weighted by molar-refractivity contribution is 0.0924. The van der Waals surface area contributed by atoms with Crippen LogP contribution < -0.4 is 10.6 Å². The number of carbonyl (C=O) groups excluding carboxylic acids is 2. The number of halogens is 1. The Morgan fingerprint density at radius 2 is 1.72 bits per heavy atom. The molecule has 4 N–H and O–H groups in total. The number of carbonyl (C=O) groups is 2. The van der Waals surface area contributed by atoms with Crippen molar-refractivity contribution in [2.45, 2.75) is 0 Å². The third kappa shape index (κ3) is 3.77. The van der Waals surface area contributed by atoms with Gasteiger partial charge in [0.1, 0.15) is 17.3 Å². The number of rotatable bonds is 5. The number of aromatic nitrogens is 1. The number of nitrogens with one attached hydrogen (secondary N) is 3. The minimum atomic E-state index is -0.423. The molecule has 0 aliphatic heterocycles. The van der Waals surface area contributed by atoms with Crippen LogP contribution in [0.2, 0.25) is 0 Å². The maximum atomic E-state index is 13.2. The summed E-state index contributed by atoms with van der Waals surface area (Å²) in [6.07, 6.45) is 0. The number of aromatic hydroxyl groups is 1. The molecular formula is C18H16FN3O3. The van der Waals surface area contributed by atoms with Crippen LogP contribution in [0.25, 0.3) is 10.9 Å². The molecule has 3 aromatic rings. The maximum Gasteiger partial charge on any atom is 0.267 e. The van der Waals surface area contributed by atoms with Crippen molar-refractivity contribution in [3.63, 3.8) is 0 Å². The molecule has 6 nitrogen and oxygen atoms in total. The highest BCUT2D eigenvalue weighted by molar-refractivity contribution is 5.98. The highest BCUT2D eigenvalue weighted by Crippen LogP contribution is 2.16. The van der Waals surface area contributed by atoms with Gasteiger partial charge in [0.05, 0.1) is 5.56 Å². The molecule has 2 aromatic carbocycles. The van der Waals surface area contributed by atoms with E-state index in [1.165, 1.54) is 24.3 Å². The van der Waals surface area contributed by atoms with E-state index in [1.807, 2.05) is 0 Å². The summed E-state index contributed by atoms with van der Waals surface area (Å²) < 4.78 is 13.2. The lowest BCUT2D eigenvalue weighted by Gasteiger charge is -2.07. The molecule has 25 heavy (non-hydrogen) atoms. The SMILES string of the molecule is O=C(NCCNC(=O)c1ccccc1O)c1cc2cc(F)ccc2[nH]1. The zero-order chi connectivity index (χ0) is 17.8. The van der Waals surface area contributed by atoms with Crippen molar-refractivity contribution >= 4 is 22.7 Å². The summed E-state index contributed by atoms with van der Waals surface area (Å²) >= 11 is 0. The van der Waals surface area contributed by atoms with E-state index in [9.17, 15) is 19.1 Å². The average Bonchev–Trinajstić information content (AvgIpc) is 3.02. The van der Waals surface area contributed by atoms with E-state index in [-0.39, 0.29) is 36.1 Å². The number of para-hydroxylation sites is 1. The van der Waals surface area contributed by atoms with Gasteiger partial charge < -0.3 is 20.7 Å². The number of phenolic OH excluding ortho intramolecular Hbond substituents is 1. The van der Waals surface area contributed by atoms with E-state index in [0.29, 0.717) is 16.6 Å². The molecule has 128 valence electrons. The van der Waals surface area contributed by atoms with Crippen molar-refractivity contribution in [3.8, 4) is 5.75 Å². The molecule has 1 aromatic heterocycles. The summed E-state index contributed by atoms with van der Waals surface area (Å²) in [4.78, 5) is 26.9. The smallest absolute Gasteiger partial charge is 0.267 e. The summed E-state index contributed by atoms with van der Waals surface area (Å²) in [5.74, 6) is -1.25. The zero-order valence-corrected chi connectivity index (χ0v) is 13.2. The van der Waals surface area contributed by atoms with Crippen LogP contribution in [0.4, 0.5) is 4.39 Å². The number of hydrogen-bond acceptors (Lipinski definition) is 3. The Morgan fingerprint density at radius 3 is 2.48 bits per heavy atom. The van der Waals surface area contributed by atoms with Crippen LogP contribution in [-0.4, -0.2) is 35.0 Å². The summed E-state index contributed by atoms with van der Waals surface area (Å²) in [6.45, 7) is 0.412. The Morgan fingerprint density at radius 1 is 1.00 bits per heavy atom. The van der Waals surface area contributed by atoms with Crippen molar-refractivity contribution in [1.29, 1.82) is 0 Å². The first-order valence-electron chi connectivity index (χ1n) is 7.67. The second-order valence-electron chi connectivity index (χ2n) is 5.44. The van der Waals surface area contributed by atoms with E-state index < -0.39 is 5.91 Å². The van der Waals surface area contributed by atoms with Crippen LogP contribution in [0, 0.1) is 5.82 Å². The van der Waals surface area contributed by atoms with Gasteiger partial charge >= 0.3 is 0 Å². The Balaban J connectivity index is 1.52. The lowest BCUT2D eigenvalue weighted by atomic mass is 10.2. The van der Waals surface area contributed by atoms with Gasteiger partial charge in [-0.3, -0.25) is 9.59 Å². The molecule has 7 heteroatoms. The molecule has 0 radical (unpaired) electrons. The second kappa shape index (κ2) is 7.04. The Bertz CT molecular complexity index is 936. The van der Waals surface area contributed by atoms with Gasteiger partial charge in [-0.15, -0.1) is 0 Å². The second-order valence-corrected chi connectivity index (χ2v) is 5.44. The topological polar surface area (TPSA) is 94.2 Å². The van der Waals surface area contributed by atoms with E-state index >= 15 is 0 Å². The van der Waals surface area contributed by atoms with Gasteiger partial charge in [0, 0.05) is 24.0 Å². The first-order valence-corrected chi connectivity index (χ1v) is 7.67. The van der Waals surface area contributed by atoms with Crippen molar-refractivity contribution in [2.24, 2.45) is 0 Å². The molecule has 3 rings (SSSR count). The van der Waals surface area contributed by atoms with Crippen molar-refractivity contribution in [3.05, 3.63) is 65.6 Å². The predicted molar refractivity (Wildman–Crippen MR) is 91.0 cm³/mol. The highest BCUT2D eigenvalue weighted by Gasteiger charge is 2.11. The van der Waals surface area contributed by atoms with Gasteiger partial charge in [0.2, 0.25) is 0 Å². The van der Waals surface area contributed by atoms with E-state index in [0.717, 1.165) is 0 Å². The molecule has 0 bridgehead atoms. The number of amides is 2. The van der Waals surface area contributed by atoms with Crippen LogP contribution in [-0.2, 0) is 0 Å². The Labute approximate surface area is 142 Å². The first-order chi connectivity index (χ1) is 12.0. The number of benzene rings is 2. The summed E-state index contributed by atoms with van der Waals surface area (Å²) in [7, 11) is 0. The van der Waals surface area contributed by atoms with E-state index in [4.69, 9.17) is 0 Å². The number of hydrogen-bond donors (Lipinski definition) is 4. The largest absolute Gasteiger partial charge is 0.507 e. The molecule has 0 saturated carbocycles. The number of H-pyrrole nitrogens is 1. The van der Waals surface area contributed by atoms with Crippen molar-refractivity contribution in [2.75, 3.05) is 13.1 Å². The minimum absolute atomic E-state index is 0.102. The third-order valence-corrected chi connectivity index (χ3v) is 3.67. The molecule has 0 saturated heterocycles. The quantitative estimate of drug-likeness (QED) is 0.536. The lowest BCUT2D eigenvalue weighted by Crippen LogP contribution is -2.34. The van der Waals surface area contributed by atoms with Gasteiger partial charge in [-0.25, -0.2) is 4.39 Å². The molecule has 0 unspecified atom stereocenters. The molecule has 0 aliphatic rings. The average molecular weight is 341 g/mol. The van der Waals surface area contributed by atoms with Crippen molar-refractivity contribution in [1.82, 2.24) is 15.6 Å². The zero-order valence-electron chi connectivity index (χ0n) is 13.2. The Kier molecular flexibility index (Phi) is 4.65. The first kappa shape index (κ1) is 16.5. The summed E-state index contributed by atoms with van der Waals surface area (Å²) in [5.41, 5.74) is 1.15. The van der Waals surface area contributed by atoms with Crippen LogP contribution in [0.5, 0.6) is 5.75 Å². The molecular weight excluding hydrogens is 325 g/mol. The molecule has 2 amide bonds. The van der Waals surface area contributed by atoms with E-state index in [2.05, 4.69) is 15.6 Å². The van der Waals surface area contributed by atoms with Gasteiger partial charge in [0.25, 0.3) is 11.8 Å².